The Morgan fingerprint density at radius 3 is 2.87 bits per heavy atom. The van der Waals surface area contributed by atoms with E-state index >= 15 is 0 Å². The van der Waals surface area contributed by atoms with Crippen molar-refractivity contribution in [2.75, 3.05) is 13.2 Å². The Bertz CT molecular complexity index is 516. The molecule has 0 unspecified atom stereocenters. The van der Waals surface area contributed by atoms with Gasteiger partial charge in [0.15, 0.2) is 5.79 Å². The topological polar surface area (TPSA) is 43.4 Å². The normalized spacial score (nSPS) is 28.0. The lowest BCUT2D eigenvalue weighted by Gasteiger charge is -2.31. The van der Waals surface area contributed by atoms with Crippen LogP contribution >= 0.6 is 11.3 Å². The van der Waals surface area contributed by atoms with Gasteiger partial charge in [-0.25, -0.2) is 4.98 Å². The highest BCUT2D eigenvalue weighted by Crippen LogP contribution is 2.37. The quantitative estimate of drug-likeness (QED) is 0.909. The molecule has 1 saturated carbocycles. The second-order valence-corrected chi connectivity index (χ2v) is 8.40. The fraction of sp³-hybridized carbons (Fsp3) is 0.833. The first-order valence-electron chi connectivity index (χ1n) is 9.28. The van der Waals surface area contributed by atoms with Gasteiger partial charge in [0.1, 0.15) is 5.01 Å². The summed E-state index contributed by atoms with van der Waals surface area (Å²) < 4.78 is 12.3. The summed E-state index contributed by atoms with van der Waals surface area (Å²) in [6.07, 6.45) is 11.1. The van der Waals surface area contributed by atoms with Crippen molar-refractivity contribution in [2.45, 2.75) is 82.6 Å². The van der Waals surface area contributed by atoms with Crippen LogP contribution in [0.25, 0.3) is 0 Å². The maximum atomic E-state index is 6.26. The van der Waals surface area contributed by atoms with Gasteiger partial charge in [0.2, 0.25) is 0 Å². The number of fused-ring (bicyclic) bond motifs is 1. The zero-order valence-electron chi connectivity index (χ0n) is 14.1. The number of ether oxygens (including phenoxy) is 2. The van der Waals surface area contributed by atoms with E-state index in [1.165, 1.54) is 60.5 Å². The van der Waals surface area contributed by atoms with Crippen molar-refractivity contribution < 1.29 is 9.47 Å². The third kappa shape index (κ3) is 3.48. The maximum absolute atomic E-state index is 6.26. The number of aryl methyl sites for hydroxylation is 2. The zero-order chi connectivity index (χ0) is 15.7. The molecule has 1 aromatic heterocycles. The van der Waals surface area contributed by atoms with Crippen LogP contribution in [0.5, 0.6) is 0 Å². The van der Waals surface area contributed by atoms with Gasteiger partial charge < -0.3 is 14.8 Å². The molecular formula is C18H28N2O2S. The molecule has 2 fully saturated rings. The number of nitrogens with one attached hydrogen (secondary N) is 1. The van der Waals surface area contributed by atoms with Gasteiger partial charge in [0.05, 0.1) is 24.4 Å². The molecule has 128 valence electrons. The van der Waals surface area contributed by atoms with E-state index < -0.39 is 0 Å². The van der Waals surface area contributed by atoms with Crippen LogP contribution in [0.2, 0.25) is 0 Å². The molecule has 1 N–H and O–H groups in total. The molecule has 0 bridgehead atoms. The van der Waals surface area contributed by atoms with Crippen LogP contribution in [-0.2, 0) is 22.3 Å². The Morgan fingerprint density at radius 2 is 2.04 bits per heavy atom. The van der Waals surface area contributed by atoms with Crippen LogP contribution in [0.1, 0.15) is 73.5 Å². The summed E-state index contributed by atoms with van der Waals surface area (Å²) in [6.45, 7) is 3.80. The minimum absolute atomic E-state index is 0.185. The zero-order valence-corrected chi connectivity index (χ0v) is 14.9. The summed E-state index contributed by atoms with van der Waals surface area (Å²) in [5.74, 6) is -0.256. The first-order chi connectivity index (χ1) is 11.2. The Hall–Kier alpha value is -0.490. The molecule has 0 amide bonds. The summed E-state index contributed by atoms with van der Waals surface area (Å²) in [4.78, 5) is 6.38. The molecule has 2 heterocycles. The highest BCUT2D eigenvalue weighted by Gasteiger charge is 2.42. The molecule has 2 atom stereocenters. The molecule has 4 nitrogen and oxygen atoms in total. The minimum Gasteiger partial charge on any atom is -0.347 e. The molecule has 1 aliphatic heterocycles. The summed E-state index contributed by atoms with van der Waals surface area (Å²) >= 11 is 1.90. The van der Waals surface area contributed by atoms with E-state index in [1.54, 1.807) is 0 Å². The van der Waals surface area contributed by atoms with Gasteiger partial charge in [-0.2, -0.15) is 0 Å². The highest BCUT2D eigenvalue weighted by molar-refractivity contribution is 7.11. The van der Waals surface area contributed by atoms with E-state index in [-0.39, 0.29) is 11.9 Å². The van der Waals surface area contributed by atoms with Gasteiger partial charge in [-0.05, 0) is 45.4 Å². The van der Waals surface area contributed by atoms with E-state index in [0.29, 0.717) is 6.04 Å². The van der Waals surface area contributed by atoms with Gasteiger partial charge >= 0.3 is 0 Å². The Morgan fingerprint density at radius 1 is 1.22 bits per heavy atom. The number of nitrogens with zero attached hydrogens (tertiary/aromatic N) is 1. The molecule has 4 rings (SSSR count). The van der Waals surface area contributed by atoms with Gasteiger partial charge in [0, 0.05) is 24.3 Å². The minimum atomic E-state index is -0.256. The van der Waals surface area contributed by atoms with E-state index in [1.807, 2.05) is 11.3 Å². The van der Waals surface area contributed by atoms with Crippen molar-refractivity contribution in [2.24, 2.45) is 0 Å². The number of thiazole rings is 1. The highest BCUT2D eigenvalue weighted by atomic mass is 32.1. The second kappa shape index (κ2) is 6.79. The smallest absolute Gasteiger partial charge is 0.168 e. The lowest BCUT2D eigenvalue weighted by atomic mass is 9.94. The monoisotopic (exact) mass is 336 g/mol. The van der Waals surface area contributed by atoms with Crippen LogP contribution in [0.4, 0.5) is 0 Å². The lowest BCUT2D eigenvalue weighted by molar-refractivity contribution is -0.186. The van der Waals surface area contributed by atoms with Crippen LogP contribution in [-0.4, -0.2) is 30.0 Å². The SMILES string of the molecule is C[C@@H](NC[C@@H]1COC2(CCCCC2)O1)c1nc2c(s1)CCCC2. The maximum Gasteiger partial charge on any atom is 0.168 e. The van der Waals surface area contributed by atoms with E-state index in [9.17, 15) is 0 Å². The molecule has 5 heteroatoms. The Balaban J connectivity index is 1.30. The largest absolute Gasteiger partial charge is 0.347 e. The molecule has 1 spiro atoms. The van der Waals surface area contributed by atoms with Gasteiger partial charge in [-0.1, -0.05) is 6.42 Å². The van der Waals surface area contributed by atoms with Gasteiger partial charge in [-0.3, -0.25) is 0 Å². The number of rotatable bonds is 4. The summed E-state index contributed by atoms with van der Waals surface area (Å²) in [5, 5.41) is 4.85. The van der Waals surface area contributed by atoms with Crippen LogP contribution in [0.3, 0.4) is 0 Å². The summed E-state index contributed by atoms with van der Waals surface area (Å²) in [6, 6.07) is 0.303. The molecule has 3 aliphatic rings. The molecule has 2 aliphatic carbocycles. The fourth-order valence-corrected chi connectivity index (χ4v) is 5.20. The van der Waals surface area contributed by atoms with Crippen LogP contribution in [0.15, 0.2) is 0 Å². The second-order valence-electron chi connectivity index (χ2n) is 7.28. The summed E-state index contributed by atoms with van der Waals surface area (Å²) in [7, 11) is 0. The Labute approximate surface area is 143 Å². The predicted octanol–water partition coefficient (Wildman–Crippen LogP) is 3.75. The third-order valence-corrected chi connectivity index (χ3v) is 6.75. The molecule has 23 heavy (non-hydrogen) atoms. The fourth-order valence-electron chi connectivity index (χ4n) is 4.02. The van der Waals surface area contributed by atoms with Crippen molar-refractivity contribution >= 4 is 11.3 Å². The van der Waals surface area contributed by atoms with Crippen LogP contribution < -0.4 is 5.32 Å². The first kappa shape index (κ1) is 16.0. The third-order valence-electron chi connectivity index (χ3n) is 5.41. The summed E-state index contributed by atoms with van der Waals surface area (Å²) in [5.41, 5.74) is 1.35. The molecule has 0 radical (unpaired) electrons. The van der Waals surface area contributed by atoms with Gasteiger partial charge in [0.25, 0.3) is 0 Å². The van der Waals surface area contributed by atoms with Crippen molar-refractivity contribution in [3.63, 3.8) is 0 Å². The van der Waals surface area contributed by atoms with Crippen molar-refractivity contribution in [1.29, 1.82) is 0 Å². The number of hydrogen-bond acceptors (Lipinski definition) is 5. The average molecular weight is 337 g/mol. The van der Waals surface area contributed by atoms with E-state index in [2.05, 4.69) is 12.2 Å². The van der Waals surface area contributed by atoms with Crippen LogP contribution in [0, 0.1) is 0 Å². The molecule has 0 aromatic carbocycles. The lowest BCUT2D eigenvalue weighted by Crippen LogP contribution is -2.36. The molecule has 1 aromatic rings. The first-order valence-corrected chi connectivity index (χ1v) is 10.1. The van der Waals surface area contributed by atoms with Gasteiger partial charge in [-0.15, -0.1) is 11.3 Å². The van der Waals surface area contributed by atoms with Crippen molar-refractivity contribution in [3.05, 3.63) is 15.6 Å². The average Bonchev–Trinajstić information content (AvgIpc) is 3.18. The molecular weight excluding hydrogens is 308 g/mol. The van der Waals surface area contributed by atoms with Crippen molar-refractivity contribution in [1.82, 2.24) is 10.3 Å². The van der Waals surface area contributed by atoms with Crippen molar-refractivity contribution in [3.8, 4) is 0 Å². The predicted molar refractivity (Wildman–Crippen MR) is 91.8 cm³/mol. The molecule has 1 saturated heterocycles. The number of hydrogen-bond donors (Lipinski definition) is 1. The number of aromatic nitrogens is 1. The standard InChI is InChI=1S/C18H28N2O2S/c1-13(17-20-15-7-3-4-8-16(15)23-17)19-11-14-12-21-18(22-14)9-5-2-6-10-18/h13-14,19H,2-12H2,1H3/t13-,14-/m1/s1. The van der Waals surface area contributed by atoms with E-state index in [0.717, 1.165) is 26.0 Å². The Kier molecular flexibility index (Phi) is 4.72. The van der Waals surface area contributed by atoms with E-state index in [4.69, 9.17) is 14.5 Å².